The first-order chi connectivity index (χ1) is 7.66. The van der Waals surface area contributed by atoms with Crippen LogP contribution in [0.2, 0.25) is 0 Å². The van der Waals surface area contributed by atoms with E-state index >= 15 is 0 Å². The Labute approximate surface area is 97.3 Å². The molecule has 2 heterocycles. The monoisotopic (exact) mass is 226 g/mol. The number of carbonyl (C=O) groups is 1. The Balaban J connectivity index is 1.88. The van der Waals surface area contributed by atoms with Crippen molar-refractivity contribution in [2.75, 3.05) is 13.2 Å². The molecule has 2 fully saturated rings. The fourth-order valence-corrected chi connectivity index (χ4v) is 2.84. The largest absolute Gasteiger partial charge is 0.447 e. The third kappa shape index (κ3) is 2.67. The minimum atomic E-state index is -0.253. The van der Waals surface area contributed by atoms with Gasteiger partial charge >= 0.3 is 6.09 Å². The van der Waals surface area contributed by atoms with Crippen LogP contribution in [0.5, 0.6) is 0 Å². The lowest BCUT2D eigenvalue weighted by molar-refractivity contribution is 0.0970. The summed E-state index contributed by atoms with van der Waals surface area (Å²) in [6, 6.07) is 1.43. The molecule has 0 aliphatic carbocycles. The second kappa shape index (κ2) is 5.04. The fourth-order valence-electron chi connectivity index (χ4n) is 2.84. The maximum atomic E-state index is 11.0. The Hall–Kier alpha value is -0.770. The topological polar surface area (TPSA) is 41.6 Å². The number of likely N-dealkylation sites (tertiary alicyclic amines) is 1. The third-order valence-electron chi connectivity index (χ3n) is 3.63. The van der Waals surface area contributed by atoms with Gasteiger partial charge in [0.05, 0.1) is 6.04 Å². The van der Waals surface area contributed by atoms with Gasteiger partial charge in [0.15, 0.2) is 0 Å². The second-order valence-corrected chi connectivity index (χ2v) is 5.16. The Morgan fingerprint density at radius 1 is 1.50 bits per heavy atom. The molecule has 4 nitrogen and oxygen atoms in total. The number of hydrogen-bond donors (Lipinski definition) is 1. The maximum absolute atomic E-state index is 11.0. The minimum Gasteiger partial charge on any atom is -0.447 e. The first-order valence-corrected chi connectivity index (χ1v) is 6.36. The summed E-state index contributed by atoms with van der Waals surface area (Å²) < 4.78 is 4.93. The lowest BCUT2D eigenvalue weighted by Crippen LogP contribution is -2.46. The summed E-state index contributed by atoms with van der Waals surface area (Å²) >= 11 is 0. The van der Waals surface area contributed by atoms with Crippen LogP contribution in [0, 0.1) is 0 Å². The van der Waals surface area contributed by atoms with Gasteiger partial charge in [-0.2, -0.15) is 0 Å². The quantitative estimate of drug-likeness (QED) is 0.797. The predicted octanol–water partition coefficient (Wildman–Crippen LogP) is 1.75. The first-order valence-electron chi connectivity index (χ1n) is 6.36. The van der Waals surface area contributed by atoms with Crippen molar-refractivity contribution in [3.63, 3.8) is 0 Å². The summed E-state index contributed by atoms with van der Waals surface area (Å²) in [6.07, 6.45) is 4.66. The van der Waals surface area contributed by atoms with E-state index in [9.17, 15) is 4.79 Å². The van der Waals surface area contributed by atoms with Crippen molar-refractivity contribution in [2.24, 2.45) is 0 Å². The molecule has 0 radical (unpaired) electrons. The van der Waals surface area contributed by atoms with E-state index in [0.29, 0.717) is 18.7 Å². The summed E-state index contributed by atoms with van der Waals surface area (Å²) in [5, 5.41) is 2.87. The second-order valence-electron chi connectivity index (χ2n) is 5.16. The van der Waals surface area contributed by atoms with Gasteiger partial charge in [0.2, 0.25) is 0 Å². The van der Waals surface area contributed by atoms with Gasteiger partial charge in [0.1, 0.15) is 6.61 Å². The van der Waals surface area contributed by atoms with Gasteiger partial charge < -0.3 is 10.1 Å². The zero-order valence-electron chi connectivity index (χ0n) is 10.2. The Bertz CT molecular complexity index is 255. The lowest BCUT2D eigenvalue weighted by atomic mass is 9.95. The average molecular weight is 226 g/mol. The number of nitrogens with one attached hydrogen (secondary N) is 1. The molecule has 0 spiro atoms. The van der Waals surface area contributed by atoms with Gasteiger partial charge in [-0.25, -0.2) is 4.79 Å². The van der Waals surface area contributed by atoms with Crippen molar-refractivity contribution in [1.29, 1.82) is 0 Å². The van der Waals surface area contributed by atoms with E-state index in [0.717, 1.165) is 6.42 Å². The number of piperidine rings is 1. The minimum absolute atomic E-state index is 0.219. The van der Waals surface area contributed by atoms with E-state index in [1.54, 1.807) is 0 Å². The van der Waals surface area contributed by atoms with Crippen molar-refractivity contribution in [3.8, 4) is 0 Å². The molecule has 1 amide bonds. The van der Waals surface area contributed by atoms with E-state index in [1.165, 1.54) is 25.8 Å². The smallest absolute Gasteiger partial charge is 0.407 e. The van der Waals surface area contributed by atoms with Crippen LogP contribution in [0.15, 0.2) is 0 Å². The highest BCUT2D eigenvalue weighted by Crippen LogP contribution is 2.23. The number of rotatable bonds is 3. The number of hydrogen-bond acceptors (Lipinski definition) is 3. The lowest BCUT2D eigenvalue weighted by Gasteiger charge is -2.39. The van der Waals surface area contributed by atoms with Crippen molar-refractivity contribution >= 4 is 6.09 Å². The van der Waals surface area contributed by atoms with Gasteiger partial charge in [0, 0.05) is 12.1 Å². The van der Waals surface area contributed by atoms with Crippen LogP contribution in [0.1, 0.15) is 39.5 Å². The van der Waals surface area contributed by atoms with E-state index < -0.39 is 0 Å². The molecule has 0 saturated carbocycles. The van der Waals surface area contributed by atoms with Crippen molar-refractivity contribution < 1.29 is 9.53 Å². The number of amides is 1. The summed E-state index contributed by atoms with van der Waals surface area (Å²) in [7, 11) is 0. The summed E-state index contributed by atoms with van der Waals surface area (Å²) in [4.78, 5) is 13.5. The highest BCUT2D eigenvalue weighted by Gasteiger charge is 2.30. The van der Waals surface area contributed by atoms with Crippen LogP contribution in [0.3, 0.4) is 0 Å². The van der Waals surface area contributed by atoms with Gasteiger partial charge in [-0.3, -0.25) is 4.90 Å². The number of cyclic esters (lactones) is 1. The predicted molar refractivity (Wildman–Crippen MR) is 62.4 cm³/mol. The Morgan fingerprint density at radius 2 is 2.31 bits per heavy atom. The van der Waals surface area contributed by atoms with Crippen LogP contribution in [-0.4, -0.2) is 42.3 Å². The molecular formula is C12H22N2O2. The van der Waals surface area contributed by atoms with E-state index in [-0.39, 0.29) is 12.1 Å². The van der Waals surface area contributed by atoms with E-state index in [2.05, 4.69) is 24.1 Å². The zero-order chi connectivity index (χ0) is 11.5. The van der Waals surface area contributed by atoms with Crippen LogP contribution >= 0.6 is 0 Å². The molecule has 92 valence electrons. The van der Waals surface area contributed by atoms with E-state index in [1.807, 2.05) is 0 Å². The summed E-state index contributed by atoms with van der Waals surface area (Å²) in [5.41, 5.74) is 0. The SMILES string of the molecule is CC(C)N1CCCCC1CC1COC(=O)N1. The zero-order valence-corrected chi connectivity index (χ0v) is 10.2. The van der Waals surface area contributed by atoms with Crippen molar-refractivity contribution in [2.45, 2.75) is 57.7 Å². The highest BCUT2D eigenvalue weighted by molar-refractivity contribution is 5.69. The standard InChI is InChI=1S/C12H22N2O2/c1-9(2)14-6-4-3-5-11(14)7-10-8-16-12(15)13-10/h9-11H,3-8H2,1-2H3,(H,13,15). The van der Waals surface area contributed by atoms with Gasteiger partial charge in [-0.15, -0.1) is 0 Å². The van der Waals surface area contributed by atoms with Gasteiger partial charge in [-0.05, 0) is 39.7 Å². The number of alkyl carbamates (subject to hydrolysis) is 1. The third-order valence-corrected chi connectivity index (χ3v) is 3.63. The molecule has 0 aromatic heterocycles. The molecule has 2 saturated heterocycles. The molecule has 2 unspecified atom stereocenters. The average Bonchev–Trinajstić information content (AvgIpc) is 2.64. The molecular weight excluding hydrogens is 204 g/mol. The molecule has 0 aromatic rings. The number of ether oxygens (including phenoxy) is 1. The number of nitrogens with zero attached hydrogens (tertiary/aromatic N) is 1. The molecule has 2 aliphatic heterocycles. The highest BCUT2D eigenvalue weighted by atomic mass is 16.6. The van der Waals surface area contributed by atoms with Crippen molar-refractivity contribution in [3.05, 3.63) is 0 Å². The summed E-state index contributed by atoms with van der Waals surface area (Å²) in [5.74, 6) is 0. The van der Waals surface area contributed by atoms with Crippen LogP contribution in [0.4, 0.5) is 4.79 Å². The molecule has 4 heteroatoms. The Kier molecular flexibility index (Phi) is 3.69. The maximum Gasteiger partial charge on any atom is 0.407 e. The summed E-state index contributed by atoms with van der Waals surface area (Å²) in [6.45, 7) is 6.25. The molecule has 2 aliphatic rings. The molecule has 0 bridgehead atoms. The van der Waals surface area contributed by atoms with Crippen LogP contribution < -0.4 is 5.32 Å². The molecule has 2 atom stereocenters. The first kappa shape index (κ1) is 11.7. The Morgan fingerprint density at radius 3 is 2.94 bits per heavy atom. The van der Waals surface area contributed by atoms with Crippen LogP contribution in [0.25, 0.3) is 0 Å². The van der Waals surface area contributed by atoms with Crippen molar-refractivity contribution in [1.82, 2.24) is 10.2 Å². The fraction of sp³-hybridized carbons (Fsp3) is 0.917. The van der Waals surface area contributed by atoms with E-state index in [4.69, 9.17) is 4.74 Å². The normalized spacial score (nSPS) is 31.6. The van der Waals surface area contributed by atoms with Gasteiger partial charge in [-0.1, -0.05) is 6.42 Å². The molecule has 1 N–H and O–H groups in total. The molecule has 16 heavy (non-hydrogen) atoms. The molecule has 0 aromatic carbocycles. The molecule has 2 rings (SSSR count). The van der Waals surface area contributed by atoms with Crippen LogP contribution in [-0.2, 0) is 4.74 Å². The van der Waals surface area contributed by atoms with Gasteiger partial charge in [0.25, 0.3) is 0 Å². The number of carbonyl (C=O) groups excluding carboxylic acids is 1.